The Hall–Kier alpha value is -8.60. The summed E-state index contributed by atoms with van der Waals surface area (Å²) in [4.78, 5) is 10.9. The summed E-state index contributed by atoms with van der Waals surface area (Å²) in [5, 5.41) is 8.30. The van der Waals surface area contributed by atoms with Gasteiger partial charge in [0.25, 0.3) is 0 Å². The van der Waals surface area contributed by atoms with Gasteiger partial charge in [-0.05, 0) is 117 Å². The number of nitrogens with zero attached hydrogens (tertiary/aromatic N) is 4. The van der Waals surface area contributed by atoms with Crippen LogP contribution in [0.2, 0.25) is 0 Å². The minimum Gasteiger partial charge on any atom is -0.309 e. The molecule has 0 radical (unpaired) electrons. The highest BCUT2D eigenvalue weighted by molar-refractivity contribution is 6.14. The molecular weight excluding hydrogens is 813 g/mol. The van der Waals surface area contributed by atoms with Gasteiger partial charge in [-0.15, -0.1) is 0 Å². The maximum absolute atomic E-state index is 5.54. The number of rotatable bonds is 5. The molecule has 14 rings (SSSR count). The molecule has 1 aliphatic rings. The quantitative estimate of drug-likeness (QED) is 0.162. The number of hydrogen-bond acceptors (Lipinski definition) is 2. The molecule has 67 heavy (non-hydrogen) atoms. The zero-order valence-corrected chi connectivity index (χ0v) is 37.1. The van der Waals surface area contributed by atoms with Crippen molar-refractivity contribution in [3.05, 3.63) is 230 Å². The third kappa shape index (κ3) is 5.60. The summed E-state index contributed by atoms with van der Waals surface area (Å²) in [5.41, 5.74) is 18.4. The molecule has 0 spiro atoms. The molecule has 13 aromatic rings. The lowest BCUT2D eigenvalue weighted by molar-refractivity contribution is 0.660. The first kappa shape index (κ1) is 37.7. The van der Waals surface area contributed by atoms with E-state index in [0.717, 1.165) is 61.3 Å². The van der Waals surface area contributed by atoms with Crippen molar-refractivity contribution in [2.24, 2.45) is 0 Å². The van der Waals surface area contributed by atoms with E-state index in [9.17, 15) is 0 Å². The SMILES string of the molecule is CC1(C)c2ccccc2-c2ccc(-c3nc(-c4cccc(-n5c6ccccc6c6cc(-c7ccc8c(c7)c7ccccc7n8-c7ccccc7)ccc65)c4)c4c(ccc5ccccc54)n3)cc21. The topological polar surface area (TPSA) is 35.6 Å². The number of para-hydroxylation sites is 3. The molecule has 0 amide bonds. The van der Waals surface area contributed by atoms with Crippen molar-refractivity contribution in [3.63, 3.8) is 0 Å². The fraction of sp³-hybridized carbons (Fsp3) is 0.0476. The van der Waals surface area contributed by atoms with E-state index in [1.165, 1.54) is 71.3 Å². The highest BCUT2D eigenvalue weighted by Gasteiger charge is 2.35. The summed E-state index contributed by atoms with van der Waals surface area (Å²) in [7, 11) is 0. The van der Waals surface area contributed by atoms with Crippen LogP contribution >= 0.6 is 0 Å². The molecule has 10 aromatic carbocycles. The second-order valence-corrected chi connectivity index (χ2v) is 18.6. The Balaban J connectivity index is 0.925. The van der Waals surface area contributed by atoms with Crippen LogP contribution in [0, 0.1) is 0 Å². The number of aromatic nitrogens is 4. The van der Waals surface area contributed by atoms with E-state index in [0.29, 0.717) is 0 Å². The molecule has 4 nitrogen and oxygen atoms in total. The second-order valence-electron chi connectivity index (χ2n) is 18.6. The van der Waals surface area contributed by atoms with Crippen molar-refractivity contribution < 1.29 is 0 Å². The molecule has 0 unspecified atom stereocenters. The van der Waals surface area contributed by atoms with Gasteiger partial charge in [-0.2, -0.15) is 0 Å². The number of fused-ring (bicyclic) bond motifs is 12. The Morgan fingerprint density at radius 3 is 1.69 bits per heavy atom. The highest BCUT2D eigenvalue weighted by atomic mass is 15.0. The molecule has 0 fully saturated rings. The van der Waals surface area contributed by atoms with Gasteiger partial charge in [0, 0.05) is 54.8 Å². The molecule has 3 aromatic heterocycles. The van der Waals surface area contributed by atoms with Crippen LogP contribution in [-0.4, -0.2) is 19.1 Å². The van der Waals surface area contributed by atoms with Crippen molar-refractivity contribution in [3.8, 4) is 56.3 Å². The monoisotopic (exact) mass is 854 g/mol. The van der Waals surface area contributed by atoms with Gasteiger partial charge in [0.05, 0.1) is 33.3 Å². The summed E-state index contributed by atoms with van der Waals surface area (Å²) in [6.45, 7) is 4.65. The van der Waals surface area contributed by atoms with Crippen molar-refractivity contribution >= 4 is 65.3 Å². The standard InChI is InChI=1S/C63H42N4/c1-63(2)53-24-11-8-21-47(53)48-31-27-43(38-54(48)63)62-64-55-32-28-39-15-6-7-20-46(39)60(55)61(65-62)42-16-14-19-45(35-42)67-57-26-13-10-23-50(57)52-37-41(30-34-59(52)67)40-29-33-58-51(36-40)49-22-9-12-25-56(49)66(58)44-17-4-3-5-18-44/h3-38H,1-2H3. The predicted octanol–water partition coefficient (Wildman–Crippen LogP) is 16.3. The normalized spacial score (nSPS) is 13.0. The molecular formula is C63H42N4. The molecule has 0 aliphatic heterocycles. The summed E-state index contributed by atoms with van der Waals surface area (Å²) in [6, 6.07) is 79.5. The lowest BCUT2D eigenvalue weighted by atomic mass is 9.82. The fourth-order valence-corrected chi connectivity index (χ4v) is 11.3. The Morgan fingerprint density at radius 2 is 0.940 bits per heavy atom. The zero-order chi connectivity index (χ0) is 44.4. The van der Waals surface area contributed by atoms with Gasteiger partial charge in [0.2, 0.25) is 0 Å². The Bertz CT molecular complexity index is 4190. The molecule has 4 heteroatoms. The maximum Gasteiger partial charge on any atom is 0.160 e. The zero-order valence-electron chi connectivity index (χ0n) is 37.1. The van der Waals surface area contributed by atoms with E-state index in [-0.39, 0.29) is 5.41 Å². The van der Waals surface area contributed by atoms with Crippen LogP contribution in [0.15, 0.2) is 218 Å². The van der Waals surface area contributed by atoms with E-state index in [2.05, 4.69) is 241 Å². The minimum absolute atomic E-state index is 0.132. The van der Waals surface area contributed by atoms with Crippen LogP contribution in [0.25, 0.3) is 122 Å². The first-order chi connectivity index (χ1) is 33.0. The molecule has 0 saturated carbocycles. The molecule has 0 bridgehead atoms. The summed E-state index contributed by atoms with van der Waals surface area (Å²) in [5.74, 6) is 0.727. The van der Waals surface area contributed by atoms with Crippen LogP contribution in [0.1, 0.15) is 25.0 Å². The Labute approximate surface area is 387 Å². The van der Waals surface area contributed by atoms with E-state index >= 15 is 0 Å². The molecule has 1 aliphatic carbocycles. The molecule has 314 valence electrons. The first-order valence-corrected chi connectivity index (χ1v) is 23.2. The summed E-state index contributed by atoms with van der Waals surface area (Å²) < 4.78 is 4.79. The summed E-state index contributed by atoms with van der Waals surface area (Å²) >= 11 is 0. The Morgan fingerprint density at radius 1 is 0.358 bits per heavy atom. The molecule has 0 N–H and O–H groups in total. The van der Waals surface area contributed by atoms with Crippen LogP contribution < -0.4 is 0 Å². The predicted molar refractivity (Wildman–Crippen MR) is 280 cm³/mol. The van der Waals surface area contributed by atoms with Crippen molar-refractivity contribution in [1.82, 2.24) is 19.1 Å². The van der Waals surface area contributed by atoms with E-state index < -0.39 is 0 Å². The highest BCUT2D eigenvalue weighted by Crippen LogP contribution is 2.50. The van der Waals surface area contributed by atoms with Gasteiger partial charge < -0.3 is 9.13 Å². The Kier molecular flexibility index (Phi) is 8.00. The van der Waals surface area contributed by atoms with Gasteiger partial charge in [-0.3, -0.25) is 0 Å². The van der Waals surface area contributed by atoms with Gasteiger partial charge in [0.15, 0.2) is 5.82 Å². The van der Waals surface area contributed by atoms with Gasteiger partial charge in [-0.25, -0.2) is 9.97 Å². The van der Waals surface area contributed by atoms with Gasteiger partial charge in [0.1, 0.15) is 0 Å². The molecule has 0 saturated heterocycles. The van der Waals surface area contributed by atoms with Gasteiger partial charge in [-0.1, -0.05) is 159 Å². The summed E-state index contributed by atoms with van der Waals surface area (Å²) in [6.07, 6.45) is 0. The van der Waals surface area contributed by atoms with Crippen molar-refractivity contribution in [2.75, 3.05) is 0 Å². The van der Waals surface area contributed by atoms with Crippen LogP contribution in [0.5, 0.6) is 0 Å². The number of benzene rings is 10. The fourth-order valence-electron chi connectivity index (χ4n) is 11.3. The second kappa shape index (κ2) is 14.2. The minimum atomic E-state index is -0.132. The molecule has 3 heterocycles. The average molecular weight is 855 g/mol. The van der Waals surface area contributed by atoms with Gasteiger partial charge >= 0.3 is 0 Å². The van der Waals surface area contributed by atoms with Crippen LogP contribution in [0.4, 0.5) is 0 Å². The van der Waals surface area contributed by atoms with E-state index in [4.69, 9.17) is 9.97 Å². The smallest absolute Gasteiger partial charge is 0.160 e. The average Bonchev–Trinajstić information content (AvgIpc) is 3.98. The van der Waals surface area contributed by atoms with Crippen molar-refractivity contribution in [2.45, 2.75) is 19.3 Å². The lowest BCUT2D eigenvalue weighted by Crippen LogP contribution is -2.15. The van der Waals surface area contributed by atoms with Crippen molar-refractivity contribution in [1.29, 1.82) is 0 Å². The lowest BCUT2D eigenvalue weighted by Gasteiger charge is -2.22. The first-order valence-electron chi connectivity index (χ1n) is 23.2. The van der Waals surface area contributed by atoms with Crippen LogP contribution in [-0.2, 0) is 5.41 Å². The van der Waals surface area contributed by atoms with E-state index in [1.54, 1.807) is 0 Å². The van der Waals surface area contributed by atoms with E-state index in [1.807, 2.05) is 0 Å². The van der Waals surface area contributed by atoms with Crippen LogP contribution in [0.3, 0.4) is 0 Å². The maximum atomic E-state index is 5.54. The largest absolute Gasteiger partial charge is 0.309 e. The third-order valence-corrected chi connectivity index (χ3v) is 14.5. The number of hydrogen-bond donors (Lipinski definition) is 0. The molecule has 0 atom stereocenters. The third-order valence-electron chi connectivity index (χ3n) is 14.5.